The molecule has 1 aliphatic heterocycles. The number of rotatable bonds is 4. The molecule has 2 rings (SSSR count). The van der Waals surface area contributed by atoms with E-state index in [-0.39, 0.29) is 4.90 Å². The van der Waals surface area contributed by atoms with Gasteiger partial charge in [-0.1, -0.05) is 17.7 Å². The standard InChI is InChI=1S/C16H25N3O2S/c1-4-18(5-2)16(19-12-6-7-13-19)17-22(20,21)15-10-8-14(3)9-11-15/h8-11H,4-7,12-13H2,1-3H3/b17-16+. The first-order valence-electron chi connectivity index (χ1n) is 7.89. The maximum Gasteiger partial charge on any atom is 0.285 e. The van der Waals surface area contributed by atoms with Gasteiger partial charge in [0.05, 0.1) is 4.90 Å². The number of nitrogens with zero attached hydrogens (tertiary/aromatic N) is 3. The first-order valence-corrected chi connectivity index (χ1v) is 9.33. The van der Waals surface area contributed by atoms with Crippen LogP contribution in [0, 0.1) is 6.92 Å². The predicted octanol–water partition coefficient (Wildman–Crippen LogP) is 2.48. The van der Waals surface area contributed by atoms with Crippen molar-refractivity contribution in [3.05, 3.63) is 29.8 Å². The molecule has 0 amide bonds. The zero-order chi connectivity index (χ0) is 16.2. The summed E-state index contributed by atoms with van der Waals surface area (Å²) in [5.74, 6) is 0.586. The van der Waals surface area contributed by atoms with Crippen molar-refractivity contribution in [2.75, 3.05) is 26.2 Å². The Morgan fingerprint density at radius 2 is 1.68 bits per heavy atom. The van der Waals surface area contributed by atoms with Crippen molar-refractivity contribution in [1.29, 1.82) is 0 Å². The molecule has 1 saturated heterocycles. The van der Waals surface area contributed by atoms with Gasteiger partial charge in [0.2, 0.25) is 5.96 Å². The fourth-order valence-corrected chi connectivity index (χ4v) is 3.64. The lowest BCUT2D eigenvalue weighted by molar-refractivity contribution is 0.371. The Kier molecular flexibility index (Phi) is 5.45. The highest BCUT2D eigenvalue weighted by Gasteiger charge is 2.24. The quantitative estimate of drug-likeness (QED) is 0.631. The third kappa shape index (κ3) is 3.80. The number of benzene rings is 1. The molecule has 6 heteroatoms. The molecular formula is C16H25N3O2S. The Balaban J connectivity index is 2.40. The van der Waals surface area contributed by atoms with Gasteiger partial charge < -0.3 is 9.80 Å². The summed E-state index contributed by atoms with van der Waals surface area (Å²) in [4.78, 5) is 4.34. The number of guanidine groups is 1. The van der Waals surface area contributed by atoms with Crippen molar-refractivity contribution >= 4 is 16.0 Å². The SMILES string of the molecule is CCN(CC)/C(=N\S(=O)(=O)c1ccc(C)cc1)N1CCCC1. The summed E-state index contributed by atoms with van der Waals surface area (Å²) in [7, 11) is -3.67. The van der Waals surface area contributed by atoms with Crippen LogP contribution in [0.4, 0.5) is 0 Å². The molecule has 0 bridgehead atoms. The largest absolute Gasteiger partial charge is 0.342 e. The van der Waals surface area contributed by atoms with Crippen LogP contribution >= 0.6 is 0 Å². The molecule has 5 nitrogen and oxygen atoms in total. The zero-order valence-corrected chi connectivity index (χ0v) is 14.4. The molecule has 0 radical (unpaired) electrons. The van der Waals surface area contributed by atoms with E-state index in [4.69, 9.17) is 0 Å². The molecule has 1 fully saturated rings. The van der Waals surface area contributed by atoms with Crippen molar-refractivity contribution in [2.24, 2.45) is 4.40 Å². The van der Waals surface area contributed by atoms with Crippen LogP contribution in [0.3, 0.4) is 0 Å². The van der Waals surface area contributed by atoms with Gasteiger partial charge in [-0.15, -0.1) is 4.40 Å². The fourth-order valence-electron chi connectivity index (χ4n) is 2.61. The highest BCUT2D eigenvalue weighted by atomic mass is 32.2. The summed E-state index contributed by atoms with van der Waals surface area (Å²) in [5, 5.41) is 0. The maximum atomic E-state index is 12.6. The maximum absolute atomic E-state index is 12.6. The van der Waals surface area contributed by atoms with Crippen molar-refractivity contribution in [3.63, 3.8) is 0 Å². The number of likely N-dealkylation sites (tertiary alicyclic amines) is 1. The second-order valence-electron chi connectivity index (χ2n) is 5.55. The number of hydrogen-bond donors (Lipinski definition) is 0. The summed E-state index contributed by atoms with van der Waals surface area (Å²) in [6.45, 7) is 9.22. The van der Waals surface area contributed by atoms with Crippen molar-refractivity contribution < 1.29 is 8.42 Å². The van der Waals surface area contributed by atoms with Gasteiger partial charge in [-0.05, 0) is 45.7 Å². The van der Waals surface area contributed by atoms with Crippen LogP contribution in [0.5, 0.6) is 0 Å². The second kappa shape index (κ2) is 7.13. The molecule has 1 heterocycles. The smallest absolute Gasteiger partial charge is 0.285 e. The van der Waals surface area contributed by atoms with E-state index in [2.05, 4.69) is 9.30 Å². The van der Waals surface area contributed by atoms with Gasteiger partial charge in [-0.25, -0.2) is 0 Å². The molecule has 0 atom stereocenters. The van der Waals surface area contributed by atoms with Crippen molar-refractivity contribution in [2.45, 2.75) is 38.5 Å². The van der Waals surface area contributed by atoms with Crippen LogP contribution in [0.2, 0.25) is 0 Å². The van der Waals surface area contributed by atoms with Crippen LogP contribution in [-0.2, 0) is 10.0 Å². The fraction of sp³-hybridized carbons (Fsp3) is 0.562. The summed E-state index contributed by atoms with van der Waals surface area (Å²) >= 11 is 0. The Labute approximate surface area is 133 Å². The van der Waals surface area contributed by atoms with Gasteiger partial charge >= 0.3 is 0 Å². The lowest BCUT2D eigenvalue weighted by Gasteiger charge is -2.29. The van der Waals surface area contributed by atoms with Gasteiger partial charge in [0.25, 0.3) is 10.0 Å². The average molecular weight is 323 g/mol. The van der Waals surface area contributed by atoms with E-state index in [1.807, 2.05) is 25.7 Å². The van der Waals surface area contributed by atoms with Gasteiger partial charge in [0.1, 0.15) is 0 Å². The minimum Gasteiger partial charge on any atom is -0.342 e. The molecule has 0 unspecified atom stereocenters. The highest BCUT2D eigenvalue weighted by Crippen LogP contribution is 2.17. The third-order valence-electron chi connectivity index (χ3n) is 3.96. The van der Waals surface area contributed by atoms with E-state index in [1.165, 1.54) is 0 Å². The van der Waals surface area contributed by atoms with Crippen LogP contribution in [0.1, 0.15) is 32.3 Å². The topological polar surface area (TPSA) is 53.0 Å². The second-order valence-corrected chi connectivity index (χ2v) is 7.15. The predicted molar refractivity (Wildman–Crippen MR) is 89.5 cm³/mol. The van der Waals surface area contributed by atoms with Gasteiger partial charge in [0.15, 0.2) is 0 Å². The summed E-state index contributed by atoms with van der Waals surface area (Å²) in [6.07, 6.45) is 2.18. The van der Waals surface area contributed by atoms with Gasteiger partial charge in [0, 0.05) is 26.2 Å². The van der Waals surface area contributed by atoms with Gasteiger partial charge in [-0.2, -0.15) is 8.42 Å². The van der Waals surface area contributed by atoms with E-state index in [9.17, 15) is 8.42 Å². The van der Waals surface area contributed by atoms with Gasteiger partial charge in [-0.3, -0.25) is 0 Å². The molecule has 0 spiro atoms. The summed E-state index contributed by atoms with van der Waals surface area (Å²) < 4.78 is 29.4. The Bertz CT molecular complexity index is 609. The normalized spacial score (nSPS) is 16.1. The van der Waals surface area contributed by atoms with Crippen molar-refractivity contribution in [1.82, 2.24) is 9.80 Å². The Morgan fingerprint density at radius 3 is 2.18 bits per heavy atom. The van der Waals surface area contributed by atoms with E-state index >= 15 is 0 Å². The molecule has 1 aromatic carbocycles. The summed E-state index contributed by atoms with van der Waals surface area (Å²) in [5.41, 5.74) is 1.03. The average Bonchev–Trinajstić information content (AvgIpc) is 3.02. The molecule has 22 heavy (non-hydrogen) atoms. The Hall–Kier alpha value is -1.56. The minimum atomic E-state index is -3.67. The molecule has 0 N–H and O–H groups in total. The Morgan fingerprint density at radius 1 is 1.14 bits per heavy atom. The van der Waals surface area contributed by atoms with Crippen molar-refractivity contribution in [3.8, 4) is 0 Å². The molecule has 1 aliphatic rings. The lowest BCUT2D eigenvalue weighted by atomic mass is 10.2. The lowest BCUT2D eigenvalue weighted by Crippen LogP contribution is -2.43. The highest BCUT2D eigenvalue weighted by molar-refractivity contribution is 7.90. The van der Waals surface area contributed by atoms with Crippen LogP contribution in [0.25, 0.3) is 0 Å². The van der Waals surface area contributed by atoms with E-state index in [0.717, 1.165) is 44.6 Å². The van der Waals surface area contributed by atoms with E-state index in [1.54, 1.807) is 24.3 Å². The molecule has 1 aromatic rings. The molecular weight excluding hydrogens is 298 g/mol. The first-order chi connectivity index (χ1) is 10.5. The van der Waals surface area contributed by atoms with E-state index < -0.39 is 10.0 Å². The first kappa shape index (κ1) is 16.8. The molecule has 0 aromatic heterocycles. The number of hydrogen-bond acceptors (Lipinski definition) is 2. The number of sulfonamides is 1. The number of aryl methyl sites for hydroxylation is 1. The zero-order valence-electron chi connectivity index (χ0n) is 13.6. The van der Waals surface area contributed by atoms with Crippen LogP contribution in [0.15, 0.2) is 33.6 Å². The summed E-state index contributed by atoms with van der Waals surface area (Å²) in [6, 6.07) is 6.85. The van der Waals surface area contributed by atoms with Crippen LogP contribution in [-0.4, -0.2) is 50.4 Å². The third-order valence-corrected chi connectivity index (χ3v) is 5.23. The molecule has 0 aliphatic carbocycles. The molecule has 122 valence electrons. The monoisotopic (exact) mass is 323 g/mol. The minimum absolute atomic E-state index is 0.252. The van der Waals surface area contributed by atoms with Crippen LogP contribution < -0.4 is 0 Å². The molecule has 0 saturated carbocycles. The van der Waals surface area contributed by atoms with E-state index in [0.29, 0.717) is 5.96 Å².